The molecule has 0 aliphatic heterocycles. The van der Waals surface area contributed by atoms with Crippen LogP contribution in [0.1, 0.15) is 12.5 Å². The highest BCUT2D eigenvalue weighted by Gasteiger charge is 2.27. The normalized spacial score (nSPS) is 11.6. The van der Waals surface area contributed by atoms with Gasteiger partial charge in [-0.15, -0.1) is 0 Å². The molecular formula is C17H17BrCl2N2O3S. The minimum atomic E-state index is -3.88. The molecule has 26 heavy (non-hydrogen) atoms. The second-order valence-electron chi connectivity index (χ2n) is 5.41. The van der Waals surface area contributed by atoms with Crippen molar-refractivity contribution < 1.29 is 13.2 Å². The molecule has 9 heteroatoms. The van der Waals surface area contributed by atoms with Gasteiger partial charge in [0.15, 0.2) is 0 Å². The maximum atomic E-state index is 12.8. The van der Waals surface area contributed by atoms with E-state index in [1.54, 1.807) is 37.3 Å². The van der Waals surface area contributed by atoms with Gasteiger partial charge in [0.05, 0.1) is 11.6 Å². The Morgan fingerprint density at radius 1 is 1.15 bits per heavy atom. The predicted molar refractivity (Wildman–Crippen MR) is 107 cm³/mol. The average molecular weight is 480 g/mol. The molecule has 0 aromatic heterocycles. The molecule has 0 bridgehead atoms. The van der Waals surface area contributed by atoms with Crippen LogP contribution in [0.2, 0.25) is 10.0 Å². The Bertz CT molecular complexity index is 889. The summed E-state index contributed by atoms with van der Waals surface area (Å²) in [5.41, 5.74) is 0.865. The van der Waals surface area contributed by atoms with E-state index in [1.165, 1.54) is 12.1 Å². The third-order valence-electron chi connectivity index (χ3n) is 3.59. The predicted octanol–water partition coefficient (Wildman–Crippen LogP) is 4.08. The Balaban J connectivity index is 2.07. The Hall–Kier alpha value is -1.12. The van der Waals surface area contributed by atoms with Crippen LogP contribution in [0.5, 0.6) is 0 Å². The fraction of sp³-hybridized carbons (Fsp3) is 0.235. The smallest absolute Gasteiger partial charge is 0.245 e. The van der Waals surface area contributed by atoms with Crippen LogP contribution in [0.3, 0.4) is 0 Å². The van der Waals surface area contributed by atoms with E-state index in [4.69, 9.17) is 23.2 Å². The third-order valence-corrected chi connectivity index (χ3v) is 6.74. The lowest BCUT2D eigenvalue weighted by molar-refractivity contribution is -0.121. The molecule has 0 saturated heterocycles. The van der Waals surface area contributed by atoms with Crippen LogP contribution in [0.15, 0.2) is 51.8 Å². The molecule has 0 aliphatic carbocycles. The molecule has 0 radical (unpaired) electrons. The Morgan fingerprint density at radius 3 is 2.38 bits per heavy atom. The monoisotopic (exact) mass is 478 g/mol. The molecule has 0 atom stereocenters. The molecule has 0 unspecified atom stereocenters. The van der Waals surface area contributed by atoms with E-state index in [-0.39, 0.29) is 29.6 Å². The number of hydrogen-bond donors (Lipinski definition) is 1. The number of likely N-dealkylation sites (N-methyl/N-ethyl adjacent to an activating group) is 1. The highest BCUT2D eigenvalue weighted by molar-refractivity contribution is 9.10. The summed E-state index contributed by atoms with van der Waals surface area (Å²) < 4.78 is 27.3. The molecule has 0 fully saturated rings. The van der Waals surface area contributed by atoms with Gasteiger partial charge in [-0.2, -0.15) is 4.31 Å². The van der Waals surface area contributed by atoms with Gasteiger partial charge in [0.2, 0.25) is 15.9 Å². The van der Waals surface area contributed by atoms with Gasteiger partial charge in [-0.05, 0) is 35.9 Å². The largest absolute Gasteiger partial charge is 0.351 e. The third kappa shape index (κ3) is 5.44. The summed E-state index contributed by atoms with van der Waals surface area (Å²) >= 11 is 15.1. The number of amides is 1. The van der Waals surface area contributed by atoms with E-state index in [0.29, 0.717) is 9.50 Å². The lowest BCUT2D eigenvalue weighted by Gasteiger charge is -2.20. The number of carbonyl (C=O) groups excluding carboxylic acids is 1. The summed E-state index contributed by atoms with van der Waals surface area (Å²) in [6.07, 6.45) is 0. The van der Waals surface area contributed by atoms with Crippen molar-refractivity contribution in [3.8, 4) is 0 Å². The fourth-order valence-electron chi connectivity index (χ4n) is 2.21. The van der Waals surface area contributed by atoms with E-state index in [2.05, 4.69) is 21.2 Å². The van der Waals surface area contributed by atoms with Crippen molar-refractivity contribution in [3.05, 3.63) is 62.5 Å². The van der Waals surface area contributed by atoms with Crippen LogP contribution >= 0.6 is 39.1 Å². The van der Waals surface area contributed by atoms with Gasteiger partial charge >= 0.3 is 0 Å². The lowest BCUT2D eigenvalue weighted by Crippen LogP contribution is -2.40. The van der Waals surface area contributed by atoms with Crippen LogP contribution in [-0.4, -0.2) is 31.7 Å². The van der Waals surface area contributed by atoms with Crippen molar-refractivity contribution in [1.82, 2.24) is 9.62 Å². The zero-order valence-corrected chi connectivity index (χ0v) is 17.8. The number of hydrogen-bond acceptors (Lipinski definition) is 3. The van der Waals surface area contributed by atoms with Gasteiger partial charge in [-0.1, -0.05) is 58.2 Å². The second kappa shape index (κ2) is 9.19. The van der Waals surface area contributed by atoms with Crippen molar-refractivity contribution in [2.24, 2.45) is 0 Å². The van der Waals surface area contributed by atoms with Gasteiger partial charge in [0.1, 0.15) is 4.90 Å². The molecule has 2 aromatic rings. The van der Waals surface area contributed by atoms with Crippen LogP contribution in [0.25, 0.3) is 0 Å². The first-order valence-corrected chi connectivity index (χ1v) is 10.7. The van der Waals surface area contributed by atoms with Crippen LogP contribution in [0.4, 0.5) is 0 Å². The summed E-state index contributed by atoms with van der Waals surface area (Å²) in [5.74, 6) is -0.404. The van der Waals surface area contributed by atoms with Crippen molar-refractivity contribution >= 4 is 55.1 Å². The van der Waals surface area contributed by atoms with E-state index < -0.39 is 15.9 Å². The number of halogens is 3. The zero-order valence-electron chi connectivity index (χ0n) is 13.9. The first-order valence-electron chi connectivity index (χ1n) is 7.70. The molecule has 2 rings (SSSR count). The van der Waals surface area contributed by atoms with Crippen LogP contribution in [-0.2, 0) is 21.4 Å². The molecule has 0 heterocycles. The molecule has 2 aromatic carbocycles. The standard InChI is InChI=1S/C17H17BrCl2N2O3S/c1-2-22(26(24,25)16-8-5-13(18)9-15(16)20)11-17(23)21-10-12-3-6-14(19)7-4-12/h3-9H,2,10-11H2,1H3,(H,21,23). The zero-order chi connectivity index (χ0) is 19.3. The lowest BCUT2D eigenvalue weighted by atomic mass is 10.2. The van der Waals surface area contributed by atoms with Crippen LogP contribution in [0, 0.1) is 0 Å². The second-order valence-corrected chi connectivity index (χ2v) is 9.07. The summed E-state index contributed by atoms with van der Waals surface area (Å²) in [6, 6.07) is 11.5. The average Bonchev–Trinajstić information content (AvgIpc) is 2.58. The number of rotatable bonds is 7. The molecule has 1 amide bonds. The van der Waals surface area contributed by atoms with Crippen molar-refractivity contribution in [2.75, 3.05) is 13.1 Å². The number of carbonyl (C=O) groups is 1. The van der Waals surface area contributed by atoms with Crippen molar-refractivity contribution in [2.45, 2.75) is 18.4 Å². The van der Waals surface area contributed by atoms with Crippen molar-refractivity contribution in [1.29, 1.82) is 0 Å². The van der Waals surface area contributed by atoms with Crippen molar-refractivity contribution in [3.63, 3.8) is 0 Å². The molecule has 140 valence electrons. The number of nitrogens with one attached hydrogen (secondary N) is 1. The summed E-state index contributed by atoms with van der Waals surface area (Å²) in [5, 5.41) is 3.40. The maximum Gasteiger partial charge on any atom is 0.245 e. The van der Waals surface area contributed by atoms with Crippen LogP contribution < -0.4 is 5.32 Å². The molecular weight excluding hydrogens is 463 g/mol. The fourth-order valence-corrected chi connectivity index (χ4v) is 4.75. The molecule has 5 nitrogen and oxygen atoms in total. The van der Waals surface area contributed by atoms with E-state index in [0.717, 1.165) is 9.87 Å². The summed E-state index contributed by atoms with van der Waals surface area (Å²) in [4.78, 5) is 12.2. The number of nitrogens with zero attached hydrogens (tertiary/aromatic N) is 1. The number of benzene rings is 2. The quantitative estimate of drug-likeness (QED) is 0.650. The first-order chi connectivity index (χ1) is 12.2. The Kier molecular flexibility index (Phi) is 7.49. The van der Waals surface area contributed by atoms with E-state index in [1.807, 2.05) is 0 Å². The molecule has 0 spiro atoms. The first kappa shape index (κ1) is 21.2. The van der Waals surface area contributed by atoms with Gasteiger partial charge in [-0.3, -0.25) is 4.79 Å². The summed E-state index contributed by atoms with van der Waals surface area (Å²) in [6.45, 7) is 1.80. The minimum Gasteiger partial charge on any atom is -0.351 e. The van der Waals surface area contributed by atoms with Gasteiger partial charge < -0.3 is 5.32 Å². The summed E-state index contributed by atoms with van der Waals surface area (Å²) in [7, 11) is -3.88. The highest BCUT2D eigenvalue weighted by atomic mass is 79.9. The van der Waals surface area contributed by atoms with E-state index in [9.17, 15) is 13.2 Å². The number of sulfonamides is 1. The molecule has 1 N–H and O–H groups in total. The SMILES string of the molecule is CCN(CC(=O)NCc1ccc(Cl)cc1)S(=O)(=O)c1ccc(Br)cc1Cl. The topological polar surface area (TPSA) is 66.5 Å². The highest BCUT2D eigenvalue weighted by Crippen LogP contribution is 2.27. The molecule has 0 saturated carbocycles. The van der Waals surface area contributed by atoms with Gasteiger partial charge in [-0.25, -0.2) is 8.42 Å². The van der Waals surface area contributed by atoms with Gasteiger partial charge in [0.25, 0.3) is 0 Å². The van der Waals surface area contributed by atoms with Gasteiger partial charge in [0, 0.05) is 22.6 Å². The minimum absolute atomic E-state index is 0.0327. The van der Waals surface area contributed by atoms with E-state index >= 15 is 0 Å². The Labute approximate surface area is 171 Å². The molecule has 0 aliphatic rings. The Morgan fingerprint density at radius 2 is 1.81 bits per heavy atom. The maximum absolute atomic E-state index is 12.8.